The molecule has 1 aliphatic heterocycles. The van der Waals surface area contributed by atoms with E-state index in [9.17, 15) is 29.9 Å². The standard InChI is InChI=1S/C28H23N3O7/c1-16(2)15-38-21-10-5-18(6-11-21)26(33)24-25(19-7-12-23(32)22(13-19)31(36)37)30(28(35)27(24)34)20-8-3-17(14-29)4-9-20/h3-13,16,25,32-33H,15H2,1-2H3/b26-24-. The fourth-order valence-corrected chi connectivity index (χ4v) is 4.10. The van der Waals surface area contributed by atoms with E-state index < -0.39 is 39.9 Å². The van der Waals surface area contributed by atoms with Crippen molar-refractivity contribution in [1.29, 1.82) is 5.26 Å². The number of hydrogen-bond acceptors (Lipinski definition) is 8. The average molecular weight is 514 g/mol. The highest BCUT2D eigenvalue weighted by Gasteiger charge is 2.47. The van der Waals surface area contributed by atoms with Gasteiger partial charge in [0.05, 0.1) is 34.8 Å². The first-order chi connectivity index (χ1) is 18.1. The van der Waals surface area contributed by atoms with E-state index in [-0.39, 0.29) is 22.4 Å². The summed E-state index contributed by atoms with van der Waals surface area (Å²) in [6, 6.07) is 16.4. The quantitative estimate of drug-likeness (QED) is 0.150. The molecule has 1 unspecified atom stereocenters. The van der Waals surface area contributed by atoms with Gasteiger partial charge in [-0.1, -0.05) is 19.9 Å². The third kappa shape index (κ3) is 4.90. The molecule has 1 saturated heterocycles. The number of nitrogens with zero attached hydrogens (tertiary/aromatic N) is 3. The minimum atomic E-state index is -1.25. The molecule has 3 aromatic rings. The molecule has 0 spiro atoms. The molecule has 3 aromatic carbocycles. The smallest absolute Gasteiger partial charge is 0.311 e. The van der Waals surface area contributed by atoms with Gasteiger partial charge >= 0.3 is 5.69 Å². The van der Waals surface area contributed by atoms with Crippen molar-refractivity contribution < 1.29 is 29.5 Å². The summed E-state index contributed by atoms with van der Waals surface area (Å²) in [6.45, 7) is 4.49. The van der Waals surface area contributed by atoms with Crippen molar-refractivity contribution in [3.8, 4) is 17.6 Å². The number of rotatable bonds is 7. The Hall–Kier alpha value is -5.17. The summed E-state index contributed by atoms with van der Waals surface area (Å²) in [4.78, 5) is 38.3. The molecular weight excluding hydrogens is 490 g/mol. The third-order valence-electron chi connectivity index (χ3n) is 5.94. The molecule has 0 aliphatic carbocycles. The van der Waals surface area contributed by atoms with Crippen LogP contribution in [0.1, 0.15) is 36.6 Å². The Bertz CT molecular complexity index is 1490. The number of carbonyl (C=O) groups is 2. The number of anilines is 1. The number of ketones is 1. The highest BCUT2D eigenvalue weighted by atomic mass is 16.6. The summed E-state index contributed by atoms with van der Waals surface area (Å²) in [5.74, 6) is -2.17. The SMILES string of the molecule is CC(C)COc1ccc(/C(O)=C2/C(=O)C(=O)N(c3ccc(C#N)cc3)C2c2ccc(O)c([N+](=O)[O-])c2)cc1. The Balaban J connectivity index is 1.87. The highest BCUT2D eigenvalue weighted by molar-refractivity contribution is 6.51. The molecule has 2 N–H and O–H groups in total. The van der Waals surface area contributed by atoms with Crippen molar-refractivity contribution in [2.75, 3.05) is 11.5 Å². The van der Waals surface area contributed by atoms with Gasteiger partial charge in [0, 0.05) is 17.3 Å². The maximum absolute atomic E-state index is 13.3. The normalized spacial score (nSPS) is 16.5. The zero-order valence-electron chi connectivity index (χ0n) is 20.5. The number of Topliss-reactive ketones (excluding diaryl/α,β-unsaturated/α-hetero) is 1. The maximum atomic E-state index is 13.3. The largest absolute Gasteiger partial charge is 0.507 e. The van der Waals surface area contributed by atoms with E-state index in [1.54, 1.807) is 12.1 Å². The minimum absolute atomic E-state index is 0.122. The number of aliphatic hydroxyl groups excluding tert-OH is 1. The van der Waals surface area contributed by atoms with Crippen LogP contribution in [-0.2, 0) is 9.59 Å². The van der Waals surface area contributed by atoms with Crippen LogP contribution in [-0.4, -0.2) is 33.4 Å². The van der Waals surface area contributed by atoms with Gasteiger partial charge in [-0.25, -0.2) is 0 Å². The van der Waals surface area contributed by atoms with Crippen LogP contribution in [0.2, 0.25) is 0 Å². The molecule has 38 heavy (non-hydrogen) atoms. The topological polar surface area (TPSA) is 154 Å². The lowest BCUT2D eigenvalue weighted by Crippen LogP contribution is -2.29. The average Bonchev–Trinajstić information content (AvgIpc) is 3.17. The third-order valence-corrected chi connectivity index (χ3v) is 5.94. The van der Waals surface area contributed by atoms with E-state index in [2.05, 4.69) is 0 Å². The number of aromatic hydroxyl groups is 1. The first kappa shape index (κ1) is 25.9. The van der Waals surface area contributed by atoms with Gasteiger partial charge in [-0.3, -0.25) is 24.6 Å². The zero-order valence-corrected chi connectivity index (χ0v) is 20.5. The number of nitro benzene ring substituents is 1. The maximum Gasteiger partial charge on any atom is 0.311 e. The zero-order chi connectivity index (χ0) is 27.6. The highest BCUT2D eigenvalue weighted by Crippen LogP contribution is 2.44. The Morgan fingerprint density at radius 3 is 2.34 bits per heavy atom. The lowest BCUT2D eigenvalue weighted by atomic mass is 9.94. The molecular formula is C28H23N3O7. The van der Waals surface area contributed by atoms with Gasteiger partial charge in [-0.05, 0) is 66.1 Å². The molecule has 0 saturated carbocycles. The van der Waals surface area contributed by atoms with Gasteiger partial charge in [0.15, 0.2) is 5.75 Å². The summed E-state index contributed by atoms with van der Waals surface area (Å²) in [7, 11) is 0. The van der Waals surface area contributed by atoms with Crippen LogP contribution in [0.25, 0.3) is 5.76 Å². The molecule has 192 valence electrons. The molecule has 1 atom stereocenters. The number of ether oxygens (including phenoxy) is 1. The minimum Gasteiger partial charge on any atom is -0.507 e. The number of nitro groups is 1. The van der Waals surface area contributed by atoms with Crippen LogP contribution in [0.4, 0.5) is 11.4 Å². The van der Waals surface area contributed by atoms with Crippen LogP contribution < -0.4 is 9.64 Å². The van der Waals surface area contributed by atoms with Crippen molar-refractivity contribution in [3.05, 3.63) is 99.1 Å². The van der Waals surface area contributed by atoms with E-state index in [1.807, 2.05) is 19.9 Å². The molecule has 1 amide bonds. The molecule has 1 aliphatic rings. The number of nitriles is 1. The number of phenols is 1. The molecule has 4 rings (SSSR count). The van der Waals surface area contributed by atoms with Crippen molar-refractivity contribution >= 4 is 28.8 Å². The van der Waals surface area contributed by atoms with E-state index >= 15 is 0 Å². The van der Waals surface area contributed by atoms with Gasteiger partial charge in [0.1, 0.15) is 11.5 Å². The number of carbonyl (C=O) groups excluding carboxylic acids is 2. The van der Waals surface area contributed by atoms with Gasteiger partial charge in [-0.15, -0.1) is 0 Å². The predicted octanol–water partition coefficient (Wildman–Crippen LogP) is 4.83. The van der Waals surface area contributed by atoms with Crippen molar-refractivity contribution in [2.24, 2.45) is 5.92 Å². The first-order valence-electron chi connectivity index (χ1n) is 11.6. The van der Waals surface area contributed by atoms with Crippen LogP contribution in [0, 0.1) is 27.4 Å². The molecule has 1 heterocycles. The monoisotopic (exact) mass is 513 g/mol. The van der Waals surface area contributed by atoms with E-state index in [0.717, 1.165) is 17.0 Å². The van der Waals surface area contributed by atoms with Crippen molar-refractivity contribution in [3.63, 3.8) is 0 Å². The number of amides is 1. The molecule has 10 nitrogen and oxygen atoms in total. The predicted molar refractivity (Wildman–Crippen MR) is 137 cm³/mol. The molecule has 0 bridgehead atoms. The molecule has 10 heteroatoms. The van der Waals surface area contributed by atoms with Crippen LogP contribution in [0.5, 0.6) is 11.5 Å². The Morgan fingerprint density at radius 1 is 1.11 bits per heavy atom. The lowest BCUT2D eigenvalue weighted by Gasteiger charge is -2.25. The van der Waals surface area contributed by atoms with Crippen molar-refractivity contribution in [2.45, 2.75) is 19.9 Å². The fourth-order valence-electron chi connectivity index (χ4n) is 4.10. The second-order valence-electron chi connectivity index (χ2n) is 9.06. The van der Waals surface area contributed by atoms with E-state index in [1.165, 1.54) is 42.5 Å². The summed E-state index contributed by atoms with van der Waals surface area (Å²) in [5.41, 5.74) is 0.00881. The first-order valence-corrected chi connectivity index (χ1v) is 11.6. The van der Waals surface area contributed by atoms with E-state index in [0.29, 0.717) is 23.8 Å². The Labute approximate surface area is 217 Å². The lowest BCUT2D eigenvalue weighted by molar-refractivity contribution is -0.385. The Kier molecular flexibility index (Phi) is 7.12. The molecule has 0 aromatic heterocycles. The summed E-state index contributed by atoms with van der Waals surface area (Å²) in [6.07, 6.45) is 0. The summed E-state index contributed by atoms with van der Waals surface area (Å²) < 4.78 is 5.66. The molecule has 1 fully saturated rings. The number of phenolic OH excluding ortho intramolecular Hbond substituents is 1. The fraction of sp³-hybridized carbons (Fsp3) is 0.179. The summed E-state index contributed by atoms with van der Waals surface area (Å²) >= 11 is 0. The number of hydrogen-bond donors (Lipinski definition) is 2. The molecule has 0 radical (unpaired) electrons. The number of benzene rings is 3. The summed E-state index contributed by atoms with van der Waals surface area (Å²) in [5, 5.41) is 41.8. The Morgan fingerprint density at radius 2 is 1.76 bits per heavy atom. The van der Waals surface area contributed by atoms with Gasteiger partial charge in [0.25, 0.3) is 11.7 Å². The van der Waals surface area contributed by atoms with Gasteiger partial charge in [-0.2, -0.15) is 5.26 Å². The van der Waals surface area contributed by atoms with Gasteiger partial charge in [0.2, 0.25) is 0 Å². The van der Waals surface area contributed by atoms with Crippen LogP contribution >= 0.6 is 0 Å². The van der Waals surface area contributed by atoms with Crippen LogP contribution in [0.15, 0.2) is 72.3 Å². The van der Waals surface area contributed by atoms with Crippen molar-refractivity contribution in [1.82, 2.24) is 0 Å². The number of aliphatic hydroxyl groups is 1. The second kappa shape index (κ2) is 10.4. The second-order valence-corrected chi connectivity index (χ2v) is 9.06. The van der Waals surface area contributed by atoms with Crippen LogP contribution in [0.3, 0.4) is 0 Å². The van der Waals surface area contributed by atoms with E-state index in [4.69, 9.17) is 10.00 Å². The van der Waals surface area contributed by atoms with Gasteiger partial charge < -0.3 is 14.9 Å².